The van der Waals surface area contributed by atoms with Crippen LogP contribution in [0.25, 0.3) is 11.3 Å². The molecule has 3 N–H and O–H groups in total. The van der Waals surface area contributed by atoms with Crippen LogP contribution in [0, 0.1) is 10.5 Å². The summed E-state index contributed by atoms with van der Waals surface area (Å²) in [6, 6.07) is 3.16. The predicted octanol–water partition coefficient (Wildman–Crippen LogP) is 5.00. The van der Waals surface area contributed by atoms with Gasteiger partial charge in [0.1, 0.15) is 5.60 Å². The number of aryl methyl sites for hydroxylation is 1. The standard InChI is InChI=1S/C17H18F3IN4O2/c1-8-12(21)13(25-14(22)23-8)9-5-10(17(18,19)20)7-11(6-9)24-15(26)27-16(2,3)4/h5-7H,1-4H3,(H,24,26)(H2,22,23,25). The summed E-state index contributed by atoms with van der Waals surface area (Å²) in [4.78, 5) is 20.0. The van der Waals surface area contributed by atoms with Gasteiger partial charge in [-0.3, -0.25) is 5.32 Å². The number of aromatic nitrogens is 2. The summed E-state index contributed by atoms with van der Waals surface area (Å²) >= 11 is 1.94. The third kappa shape index (κ3) is 5.68. The first-order chi connectivity index (χ1) is 12.3. The van der Waals surface area contributed by atoms with E-state index in [-0.39, 0.29) is 22.9 Å². The second-order valence-electron chi connectivity index (χ2n) is 6.75. The fourth-order valence-corrected chi connectivity index (χ4v) is 2.75. The minimum atomic E-state index is -4.61. The van der Waals surface area contributed by atoms with Crippen LogP contribution in [0.5, 0.6) is 0 Å². The Kier molecular flexibility index (Phi) is 5.88. The molecule has 146 valence electrons. The number of ether oxygens (including phenoxy) is 1. The largest absolute Gasteiger partial charge is 0.444 e. The topological polar surface area (TPSA) is 90.1 Å². The molecule has 0 atom stereocenters. The Labute approximate surface area is 167 Å². The van der Waals surface area contributed by atoms with E-state index in [2.05, 4.69) is 15.3 Å². The molecule has 1 aromatic heterocycles. The van der Waals surface area contributed by atoms with Gasteiger partial charge in [-0.1, -0.05) is 0 Å². The molecular weight excluding hydrogens is 476 g/mol. The molecule has 0 spiro atoms. The van der Waals surface area contributed by atoms with E-state index in [1.807, 2.05) is 22.6 Å². The maximum Gasteiger partial charge on any atom is 0.416 e. The Balaban J connectivity index is 2.55. The highest BCUT2D eigenvalue weighted by Crippen LogP contribution is 2.36. The van der Waals surface area contributed by atoms with Crippen LogP contribution in [0.4, 0.5) is 29.6 Å². The van der Waals surface area contributed by atoms with Gasteiger partial charge in [0.25, 0.3) is 0 Å². The van der Waals surface area contributed by atoms with Crippen molar-refractivity contribution >= 4 is 40.3 Å². The molecule has 0 radical (unpaired) electrons. The number of hydrogen-bond donors (Lipinski definition) is 2. The van der Waals surface area contributed by atoms with Crippen molar-refractivity contribution in [2.75, 3.05) is 11.1 Å². The average molecular weight is 494 g/mol. The second kappa shape index (κ2) is 7.49. The van der Waals surface area contributed by atoms with E-state index >= 15 is 0 Å². The first-order valence-corrected chi connectivity index (χ1v) is 8.86. The summed E-state index contributed by atoms with van der Waals surface area (Å²) in [5, 5.41) is 2.33. The molecule has 1 aromatic carbocycles. The van der Waals surface area contributed by atoms with Crippen molar-refractivity contribution in [2.45, 2.75) is 39.5 Å². The SMILES string of the molecule is Cc1nc(N)nc(-c2cc(NC(=O)OC(C)(C)C)cc(C(F)(F)F)c2)c1I. The number of alkyl halides is 3. The molecule has 2 aromatic rings. The van der Waals surface area contributed by atoms with Crippen LogP contribution in [0.15, 0.2) is 18.2 Å². The first kappa shape index (κ1) is 21.2. The third-order valence-electron chi connectivity index (χ3n) is 3.21. The van der Waals surface area contributed by atoms with Gasteiger partial charge in [0.05, 0.1) is 20.5 Å². The Morgan fingerprint density at radius 2 is 1.81 bits per heavy atom. The molecule has 0 unspecified atom stereocenters. The molecule has 0 aliphatic carbocycles. The summed E-state index contributed by atoms with van der Waals surface area (Å²) in [5.41, 5.74) is 4.79. The summed E-state index contributed by atoms with van der Waals surface area (Å²) in [6.07, 6.45) is -5.47. The Morgan fingerprint density at radius 3 is 2.37 bits per heavy atom. The van der Waals surface area contributed by atoms with Gasteiger partial charge in [-0.25, -0.2) is 14.8 Å². The molecule has 1 heterocycles. The third-order valence-corrected chi connectivity index (χ3v) is 4.50. The number of nitrogens with two attached hydrogens (primary N) is 1. The van der Waals surface area contributed by atoms with Gasteiger partial charge in [-0.15, -0.1) is 0 Å². The van der Waals surface area contributed by atoms with E-state index < -0.39 is 23.4 Å². The van der Waals surface area contributed by atoms with Crippen LogP contribution >= 0.6 is 22.6 Å². The van der Waals surface area contributed by atoms with E-state index in [0.717, 1.165) is 12.1 Å². The monoisotopic (exact) mass is 494 g/mol. The molecule has 27 heavy (non-hydrogen) atoms. The minimum absolute atomic E-state index is 0.0537. The highest BCUT2D eigenvalue weighted by atomic mass is 127. The van der Waals surface area contributed by atoms with Crippen molar-refractivity contribution in [3.63, 3.8) is 0 Å². The second-order valence-corrected chi connectivity index (χ2v) is 7.83. The van der Waals surface area contributed by atoms with Crippen molar-refractivity contribution < 1.29 is 22.7 Å². The van der Waals surface area contributed by atoms with Gasteiger partial charge in [0.2, 0.25) is 5.95 Å². The number of carbonyl (C=O) groups excluding carboxylic acids is 1. The van der Waals surface area contributed by atoms with Crippen LogP contribution in [0.1, 0.15) is 32.0 Å². The molecular formula is C17H18F3IN4O2. The van der Waals surface area contributed by atoms with Crippen LogP contribution in [0.2, 0.25) is 0 Å². The molecule has 6 nitrogen and oxygen atoms in total. The number of nitrogens with zero attached hydrogens (tertiary/aromatic N) is 2. The van der Waals surface area contributed by atoms with Crippen LogP contribution in [-0.4, -0.2) is 21.7 Å². The van der Waals surface area contributed by atoms with E-state index in [1.54, 1.807) is 27.7 Å². The summed E-state index contributed by atoms with van der Waals surface area (Å²) < 4.78 is 45.6. The lowest BCUT2D eigenvalue weighted by Crippen LogP contribution is -2.27. The number of anilines is 2. The van der Waals surface area contributed by atoms with Gasteiger partial charge in [-0.05, 0) is 68.5 Å². The fraction of sp³-hybridized carbons (Fsp3) is 0.353. The van der Waals surface area contributed by atoms with E-state index in [4.69, 9.17) is 10.5 Å². The Hall–Kier alpha value is -2.11. The number of rotatable bonds is 2. The maximum atomic E-state index is 13.3. The summed E-state index contributed by atoms with van der Waals surface area (Å²) in [5.74, 6) is -0.0537. The number of hydrogen-bond acceptors (Lipinski definition) is 5. The van der Waals surface area contributed by atoms with Crippen molar-refractivity contribution in [3.8, 4) is 11.3 Å². The quantitative estimate of drug-likeness (QED) is 0.574. The first-order valence-electron chi connectivity index (χ1n) is 7.78. The lowest BCUT2D eigenvalue weighted by atomic mass is 10.1. The summed E-state index contributed by atoms with van der Waals surface area (Å²) in [6.45, 7) is 6.63. The van der Waals surface area contributed by atoms with Crippen molar-refractivity contribution in [3.05, 3.63) is 33.0 Å². The summed E-state index contributed by atoms with van der Waals surface area (Å²) in [7, 11) is 0. The fourth-order valence-electron chi connectivity index (χ4n) is 2.19. The van der Waals surface area contributed by atoms with Gasteiger partial charge in [0.15, 0.2) is 0 Å². The Morgan fingerprint density at radius 1 is 1.19 bits per heavy atom. The normalized spacial score (nSPS) is 12.0. The van der Waals surface area contributed by atoms with E-state index in [0.29, 0.717) is 9.26 Å². The van der Waals surface area contributed by atoms with Crippen molar-refractivity contribution in [1.29, 1.82) is 0 Å². The van der Waals surface area contributed by atoms with Crippen LogP contribution in [-0.2, 0) is 10.9 Å². The molecule has 0 bridgehead atoms. The molecule has 0 aliphatic rings. The zero-order chi connectivity index (χ0) is 20.6. The highest BCUT2D eigenvalue weighted by molar-refractivity contribution is 14.1. The number of carbonyl (C=O) groups is 1. The number of nitrogen functional groups attached to an aromatic ring is 1. The average Bonchev–Trinajstić information content (AvgIpc) is 2.47. The van der Waals surface area contributed by atoms with E-state index in [9.17, 15) is 18.0 Å². The zero-order valence-corrected chi connectivity index (χ0v) is 17.2. The van der Waals surface area contributed by atoms with Gasteiger partial charge in [-0.2, -0.15) is 13.2 Å². The van der Waals surface area contributed by atoms with Gasteiger partial charge < -0.3 is 10.5 Å². The molecule has 0 saturated heterocycles. The van der Waals surface area contributed by atoms with Crippen molar-refractivity contribution in [1.82, 2.24) is 9.97 Å². The molecule has 0 saturated carbocycles. The Bertz CT molecular complexity index is 880. The number of halogens is 4. The lowest BCUT2D eigenvalue weighted by Gasteiger charge is -2.20. The predicted molar refractivity (Wildman–Crippen MR) is 104 cm³/mol. The number of nitrogens with one attached hydrogen (secondary N) is 1. The van der Waals surface area contributed by atoms with Gasteiger partial charge >= 0.3 is 12.3 Å². The molecule has 2 rings (SSSR count). The number of benzene rings is 1. The van der Waals surface area contributed by atoms with Gasteiger partial charge in [0, 0.05) is 11.3 Å². The molecule has 0 aliphatic heterocycles. The highest BCUT2D eigenvalue weighted by Gasteiger charge is 2.32. The van der Waals surface area contributed by atoms with Crippen LogP contribution < -0.4 is 11.1 Å². The maximum absolute atomic E-state index is 13.3. The van der Waals surface area contributed by atoms with E-state index in [1.165, 1.54) is 6.07 Å². The zero-order valence-electron chi connectivity index (χ0n) is 15.0. The minimum Gasteiger partial charge on any atom is -0.444 e. The molecule has 1 amide bonds. The van der Waals surface area contributed by atoms with Crippen LogP contribution in [0.3, 0.4) is 0 Å². The van der Waals surface area contributed by atoms with Crippen molar-refractivity contribution in [2.24, 2.45) is 0 Å². The molecule has 10 heteroatoms. The number of amides is 1. The smallest absolute Gasteiger partial charge is 0.416 e. The lowest BCUT2D eigenvalue weighted by molar-refractivity contribution is -0.137. The molecule has 0 fully saturated rings.